The second-order valence-corrected chi connectivity index (χ2v) is 7.37. The molecule has 1 N–H and O–H groups in total. The maximum atomic E-state index is 12.6. The molecule has 1 unspecified atom stereocenters. The summed E-state index contributed by atoms with van der Waals surface area (Å²) in [5, 5.41) is 10.6. The van der Waals surface area contributed by atoms with E-state index in [1.165, 1.54) is 0 Å². The van der Waals surface area contributed by atoms with E-state index in [0.29, 0.717) is 0 Å². The normalized spacial score (nSPS) is 49.6. The number of Topliss-reactive ketones (excluding diaryl/α,β-unsaturated/α-hetero) is 1. The standard InChI is InChI=1S/C15H22O7/c1-14(2)18-5-6(20-14)8(16)7-9(17)11-13-12(10(7)19-11)21-15(3,4)22-13/h6-8,10-13,16H,5H2,1-4H3/t6?,7-,8+,10-,11+,12-,13+/m1/s1. The number of fused-ring (bicyclic) bond motifs is 5. The lowest BCUT2D eigenvalue weighted by Crippen LogP contribution is -2.52. The highest BCUT2D eigenvalue weighted by Crippen LogP contribution is 2.48. The zero-order chi connectivity index (χ0) is 15.9. The van der Waals surface area contributed by atoms with E-state index < -0.39 is 41.9 Å². The first kappa shape index (κ1) is 15.0. The summed E-state index contributed by atoms with van der Waals surface area (Å²) >= 11 is 0. The van der Waals surface area contributed by atoms with Crippen molar-refractivity contribution in [3.05, 3.63) is 0 Å². The van der Waals surface area contributed by atoms with E-state index in [1.54, 1.807) is 13.8 Å². The average molecular weight is 314 g/mol. The van der Waals surface area contributed by atoms with Crippen LogP contribution in [-0.4, -0.2) is 65.7 Å². The van der Waals surface area contributed by atoms with Crippen LogP contribution in [0.4, 0.5) is 0 Å². The van der Waals surface area contributed by atoms with Crippen molar-refractivity contribution < 1.29 is 33.6 Å². The van der Waals surface area contributed by atoms with E-state index in [-0.39, 0.29) is 24.6 Å². The summed E-state index contributed by atoms with van der Waals surface area (Å²) in [5.74, 6) is -2.27. The summed E-state index contributed by atoms with van der Waals surface area (Å²) in [6.45, 7) is 7.46. The molecule has 7 heteroatoms. The molecule has 0 aliphatic carbocycles. The Bertz CT molecular complexity index is 502. The number of hydrogen-bond donors (Lipinski definition) is 1. The van der Waals surface area contributed by atoms with Crippen LogP contribution in [0.15, 0.2) is 0 Å². The largest absolute Gasteiger partial charge is 0.389 e. The van der Waals surface area contributed by atoms with Crippen LogP contribution in [0, 0.1) is 5.92 Å². The highest BCUT2D eigenvalue weighted by atomic mass is 16.8. The van der Waals surface area contributed by atoms with Crippen LogP contribution in [0.1, 0.15) is 27.7 Å². The van der Waals surface area contributed by atoms with Gasteiger partial charge in [0.25, 0.3) is 0 Å². The molecule has 4 heterocycles. The maximum absolute atomic E-state index is 12.6. The zero-order valence-electron chi connectivity index (χ0n) is 13.1. The second-order valence-electron chi connectivity index (χ2n) is 7.37. The number of aliphatic hydroxyl groups excluding tert-OH is 1. The summed E-state index contributed by atoms with van der Waals surface area (Å²) in [6.07, 6.45) is -3.38. The number of ether oxygens (including phenoxy) is 5. The Kier molecular flexibility index (Phi) is 3.06. The van der Waals surface area contributed by atoms with E-state index in [4.69, 9.17) is 23.7 Å². The monoisotopic (exact) mass is 314 g/mol. The van der Waals surface area contributed by atoms with Crippen molar-refractivity contribution in [1.29, 1.82) is 0 Å². The Morgan fingerprint density at radius 3 is 2.36 bits per heavy atom. The van der Waals surface area contributed by atoms with E-state index in [2.05, 4.69) is 0 Å². The van der Waals surface area contributed by atoms with Crippen LogP contribution in [0.2, 0.25) is 0 Å². The van der Waals surface area contributed by atoms with Gasteiger partial charge in [-0.25, -0.2) is 0 Å². The first-order chi connectivity index (χ1) is 10.2. The molecule has 2 bridgehead atoms. The number of ketones is 1. The summed E-state index contributed by atoms with van der Waals surface area (Å²) in [6, 6.07) is 0. The fourth-order valence-electron chi connectivity index (χ4n) is 3.98. The fourth-order valence-corrected chi connectivity index (χ4v) is 3.98. The number of carbonyl (C=O) groups is 1. The molecule has 7 atom stereocenters. The van der Waals surface area contributed by atoms with Gasteiger partial charge in [0.1, 0.15) is 24.4 Å². The molecule has 4 aliphatic heterocycles. The van der Waals surface area contributed by atoms with Crippen LogP contribution >= 0.6 is 0 Å². The molecule has 0 spiro atoms. The van der Waals surface area contributed by atoms with Gasteiger partial charge in [0, 0.05) is 0 Å². The van der Waals surface area contributed by atoms with Crippen molar-refractivity contribution in [2.45, 2.75) is 75.9 Å². The number of hydrogen-bond acceptors (Lipinski definition) is 7. The Morgan fingerprint density at radius 1 is 1.05 bits per heavy atom. The highest BCUT2D eigenvalue weighted by Gasteiger charge is 2.67. The van der Waals surface area contributed by atoms with E-state index >= 15 is 0 Å². The van der Waals surface area contributed by atoms with Crippen molar-refractivity contribution in [3.8, 4) is 0 Å². The number of aliphatic hydroxyl groups is 1. The molecule has 124 valence electrons. The zero-order valence-corrected chi connectivity index (χ0v) is 13.1. The van der Waals surface area contributed by atoms with Crippen LogP contribution in [0.3, 0.4) is 0 Å². The molecule has 4 saturated heterocycles. The van der Waals surface area contributed by atoms with Crippen molar-refractivity contribution in [3.63, 3.8) is 0 Å². The molecule has 4 fully saturated rings. The molecule has 0 aromatic heterocycles. The fraction of sp³-hybridized carbons (Fsp3) is 0.933. The smallest absolute Gasteiger partial charge is 0.172 e. The Balaban J connectivity index is 1.53. The first-order valence-electron chi connectivity index (χ1n) is 7.73. The van der Waals surface area contributed by atoms with Gasteiger partial charge in [-0.05, 0) is 27.7 Å². The SMILES string of the molecule is CC1(C)OCC([C@H](O)[C@@H]2C(=O)[C@@H]3O[C@H]2[C@H]2OC(C)(C)O[C@H]23)O1. The lowest BCUT2D eigenvalue weighted by atomic mass is 9.79. The second kappa shape index (κ2) is 4.49. The van der Waals surface area contributed by atoms with Gasteiger partial charge in [-0.1, -0.05) is 0 Å². The van der Waals surface area contributed by atoms with Crippen molar-refractivity contribution in [1.82, 2.24) is 0 Å². The van der Waals surface area contributed by atoms with E-state index in [9.17, 15) is 9.90 Å². The van der Waals surface area contributed by atoms with Gasteiger partial charge in [0.05, 0.1) is 24.7 Å². The van der Waals surface area contributed by atoms with Gasteiger partial charge in [0.15, 0.2) is 17.4 Å². The molecule has 4 aliphatic rings. The predicted octanol–water partition coefficient (Wildman–Crippen LogP) is -0.0148. The Hall–Kier alpha value is -0.570. The quantitative estimate of drug-likeness (QED) is 0.767. The minimum absolute atomic E-state index is 0.131. The minimum atomic E-state index is -0.975. The van der Waals surface area contributed by atoms with Gasteiger partial charge in [-0.15, -0.1) is 0 Å². The predicted molar refractivity (Wildman–Crippen MR) is 71.9 cm³/mol. The van der Waals surface area contributed by atoms with Gasteiger partial charge in [-0.2, -0.15) is 0 Å². The molecule has 22 heavy (non-hydrogen) atoms. The molecule has 0 saturated carbocycles. The molecular weight excluding hydrogens is 292 g/mol. The number of rotatable bonds is 2. The van der Waals surface area contributed by atoms with Crippen LogP contribution in [0.25, 0.3) is 0 Å². The summed E-state index contributed by atoms with van der Waals surface area (Å²) in [7, 11) is 0. The number of carbonyl (C=O) groups excluding carboxylic acids is 1. The lowest BCUT2D eigenvalue weighted by Gasteiger charge is -2.30. The van der Waals surface area contributed by atoms with Gasteiger partial charge >= 0.3 is 0 Å². The summed E-state index contributed by atoms with van der Waals surface area (Å²) in [5.41, 5.74) is 0. The molecule has 0 radical (unpaired) electrons. The van der Waals surface area contributed by atoms with Crippen LogP contribution < -0.4 is 0 Å². The Labute approximate surface area is 128 Å². The first-order valence-corrected chi connectivity index (χ1v) is 7.73. The molecule has 4 rings (SSSR count). The third-order valence-electron chi connectivity index (χ3n) is 4.83. The minimum Gasteiger partial charge on any atom is -0.389 e. The third kappa shape index (κ3) is 2.07. The van der Waals surface area contributed by atoms with Crippen LogP contribution in [-0.2, 0) is 28.5 Å². The Morgan fingerprint density at radius 2 is 1.73 bits per heavy atom. The van der Waals surface area contributed by atoms with Crippen LogP contribution in [0.5, 0.6) is 0 Å². The van der Waals surface area contributed by atoms with Crippen molar-refractivity contribution in [2.24, 2.45) is 5.92 Å². The molecular formula is C15H22O7. The molecule has 0 amide bonds. The van der Waals surface area contributed by atoms with Crippen molar-refractivity contribution >= 4 is 5.78 Å². The summed E-state index contributed by atoms with van der Waals surface area (Å²) in [4.78, 5) is 12.6. The van der Waals surface area contributed by atoms with Crippen molar-refractivity contribution in [2.75, 3.05) is 6.61 Å². The summed E-state index contributed by atoms with van der Waals surface area (Å²) < 4.78 is 28.5. The highest BCUT2D eigenvalue weighted by molar-refractivity contribution is 5.90. The maximum Gasteiger partial charge on any atom is 0.172 e. The van der Waals surface area contributed by atoms with E-state index in [0.717, 1.165) is 0 Å². The molecule has 7 nitrogen and oxygen atoms in total. The topological polar surface area (TPSA) is 83.5 Å². The third-order valence-corrected chi connectivity index (χ3v) is 4.83. The molecule has 0 aromatic rings. The lowest BCUT2D eigenvalue weighted by molar-refractivity contribution is -0.182. The van der Waals surface area contributed by atoms with E-state index in [1.807, 2.05) is 13.8 Å². The van der Waals surface area contributed by atoms with Gasteiger partial charge < -0.3 is 28.8 Å². The van der Waals surface area contributed by atoms with Gasteiger partial charge in [-0.3, -0.25) is 4.79 Å². The molecule has 0 aromatic carbocycles. The average Bonchev–Trinajstić information content (AvgIpc) is 3.07. The van der Waals surface area contributed by atoms with Gasteiger partial charge in [0.2, 0.25) is 0 Å².